The van der Waals surface area contributed by atoms with E-state index in [2.05, 4.69) is 46.5 Å². The average molecular weight is 312 g/mol. The number of hydrogen-bond donors (Lipinski definition) is 1. The van der Waals surface area contributed by atoms with Crippen molar-refractivity contribution >= 4 is 5.91 Å². The van der Waals surface area contributed by atoms with Crippen molar-refractivity contribution in [2.75, 3.05) is 13.1 Å². The highest BCUT2D eigenvalue weighted by Gasteiger charge is 2.40. The van der Waals surface area contributed by atoms with Gasteiger partial charge in [-0.15, -0.1) is 0 Å². The molecule has 0 bridgehead atoms. The number of aromatic nitrogens is 2. The molecule has 0 radical (unpaired) electrons. The van der Waals surface area contributed by atoms with Gasteiger partial charge in [0.05, 0.1) is 12.1 Å². The summed E-state index contributed by atoms with van der Waals surface area (Å²) >= 11 is 0. The Kier molecular flexibility index (Phi) is 4.48. The molecule has 23 heavy (non-hydrogen) atoms. The van der Waals surface area contributed by atoms with Crippen LogP contribution in [0.1, 0.15) is 31.4 Å². The summed E-state index contributed by atoms with van der Waals surface area (Å²) in [5.41, 5.74) is 2.05. The summed E-state index contributed by atoms with van der Waals surface area (Å²) in [6.07, 6.45) is 4.57. The van der Waals surface area contributed by atoms with Crippen molar-refractivity contribution in [3.05, 3.63) is 53.9 Å². The van der Waals surface area contributed by atoms with Crippen LogP contribution in [-0.4, -0.2) is 39.2 Å². The van der Waals surface area contributed by atoms with Crippen LogP contribution in [0.15, 0.2) is 42.7 Å². The van der Waals surface area contributed by atoms with Gasteiger partial charge in [-0.2, -0.15) is 5.10 Å². The van der Waals surface area contributed by atoms with Crippen LogP contribution < -0.4 is 5.32 Å². The van der Waals surface area contributed by atoms with Crippen molar-refractivity contribution in [1.82, 2.24) is 20.0 Å². The van der Waals surface area contributed by atoms with E-state index in [1.165, 1.54) is 11.1 Å². The lowest BCUT2D eigenvalue weighted by Gasteiger charge is -2.43. The number of benzene rings is 1. The van der Waals surface area contributed by atoms with Crippen molar-refractivity contribution < 1.29 is 4.79 Å². The van der Waals surface area contributed by atoms with E-state index in [0.717, 1.165) is 32.6 Å². The van der Waals surface area contributed by atoms with E-state index >= 15 is 0 Å². The molecule has 122 valence electrons. The van der Waals surface area contributed by atoms with Crippen LogP contribution in [0.2, 0.25) is 0 Å². The number of rotatable bonds is 5. The van der Waals surface area contributed by atoms with Gasteiger partial charge in [0, 0.05) is 32.0 Å². The fourth-order valence-corrected chi connectivity index (χ4v) is 3.15. The minimum Gasteiger partial charge on any atom is -0.353 e. The van der Waals surface area contributed by atoms with Crippen LogP contribution in [0.4, 0.5) is 0 Å². The highest BCUT2D eigenvalue weighted by molar-refractivity contribution is 5.86. The smallest absolute Gasteiger partial charge is 0.240 e. The Labute approximate surface area is 137 Å². The third-order valence-corrected chi connectivity index (χ3v) is 4.81. The largest absolute Gasteiger partial charge is 0.353 e. The fraction of sp³-hybridized carbons (Fsp3) is 0.444. The Bertz CT molecular complexity index is 667. The van der Waals surface area contributed by atoms with Crippen LogP contribution in [-0.2, 0) is 17.9 Å². The molecule has 2 aromatic rings. The molecule has 1 fully saturated rings. The number of amides is 1. The van der Waals surface area contributed by atoms with Crippen LogP contribution in [0.25, 0.3) is 0 Å². The topological polar surface area (TPSA) is 50.2 Å². The van der Waals surface area contributed by atoms with E-state index in [4.69, 9.17) is 0 Å². The first-order valence-corrected chi connectivity index (χ1v) is 8.20. The molecule has 0 aliphatic carbocycles. The number of piperazine rings is 1. The first kappa shape index (κ1) is 15.7. The summed E-state index contributed by atoms with van der Waals surface area (Å²) in [5.74, 6) is 0.138. The minimum absolute atomic E-state index is 0.138. The van der Waals surface area contributed by atoms with Crippen LogP contribution in [0.5, 0.6) is 0 Å². The second kappa shape index (κ2) is 6.54. The van der Waals surface area contributed by atoms with Crippen molar-refractivity contribution in [1.29, 1.82) is 0 Å². The van der Waals surface area contributed by atoms with Crippen LogP contribution in [0.3, 0.4) is 0 Å². The highest BCUT2D eigenvalue weighted by Crippen LogP contribution is 2.24. The van der Waals surface area contributed by atoms with E-state index in [1.807, 2.05) is 23.9 Å². The van der Waals surface area contributed by atoms with Crippen molar-refractivity contribution in [3.63, 3.8) is 0 Å². The Morgan fingerprint density at radius 1 is 1.26 bits per heavy atom. The van der Waals surface area contributed by atoms with E-state index in [0.29, 0.717) is 0 Å². The second-order valence-corrected chi connectivity index (χ2v) is 6.33. The Hall–Kier alpha value is -2.14. The van der Waals surface area contributed by atoms with Crippen LogP contribution >= 0.6 is 0 Å². The number of carbonyl (C=O) groups excluding carboxylic acids is 1. The number of carbonyl (C=O) groups is 1. The Balaban J connectivity index is 1.75. The summed E-state index contributed by atoms with van der Waals surface area (Å²) in [6, 6.07) is 10.5. The number of nitrogens with one attached hydrogen (secondary N) is 1. The summed E-state index contributed by atoms with van der Waals surface area (Å²) in [5, 5.41) is 7.24. The molecule has 1 aliphatic rings. The predicted octanol–water partition coefficient (Wildman–Crippen LogP) is 2.03. The molecule has 1 aromatic heterocycles. The number of hydrogen-bond acceptors (Lipinski definition) is 3. The Morgan fingerprint density at radius 3 is 2.74 bits per heavy atom. The van der Waals surface area contributed by atoms with Crippen LogP contribution in [0, 0.1) is 0 Å². The summed E-state index contributed by atoms with van der Waals surface area (Å²) in [4.78, 5) is 14.6. The first-order valence-electron chi connectivity index (χ1n) is 8.20. The van der Waals surface area contributed by atoms with E-state index in [9.17, 15) is 4.79 Å². The zero-order valence-electron chi connectivity index (χ0n) is 13.8. The second-order valence-electron chi connectivity index (χ2n) is 6.33. The molecule has 1 saturated heterocycles. The molecule has 1 N–H and O–H groups in total. The normalized spacial score (nSPS) is 22.1. The molecule has 5 heteroatoms. The van der Waals surface area contributed by atoms with Crippen molar-refractivity contribution in [2.45, 2.75) is 38.9 Å². The van der Waals surface area contributed by atoms with Crippen molar-refractivity contribution in [2.24, 2.45) is 0 Å². The molecule has 3 rings (SSSR count). The van der Waals surface area contributed by atoms with Gasteiger partial charge in [-0.1, -0.05) is 31.2 Å². The van der Waals surface area contributed by atoms with Gasteiger partial charge in [-0.05, 0) is 30.5 Å². The third-order valence-electron chi connectivity index (χ3n) is 4.81. The molecule has 1 unspecified atom stereocenters. The molecule has 0 spiro atoms. The molecule has 1 amide bonds. The van der Waals surface area contributed by atoms with Gasteiger partial charge >= 0.3 is 0 Å². The molecule has 2 heterocycles. The van der Waals surface area contributed by atoms with Gasteiger partial charge in [-0.25, -0.2) is 0 Å². The molecule has 1 aromatic carbocycles. The molecular formula is C18H24N4O. The Morgan fingerprint density at radius 2 is 2.04 bits per heavy atom. The average Bonchev–Trinajstić information content (AvgIpc) is 3.05. The van der Waals surface area contributed by atoms with Gasteiger partial charge in [0.2, 0.25) is 5.91 Å². The minimum atomic E-state index is -0.420. The summed E-state index contributed by atoms with van der Waals surface area (Å²) in [7, 11) is 0. The van der Waals surface area contributed by atoms with E-state index in [1.54, 1.807) is 6.20 Å². The fourth-order valence-electron chi connectivity index (χ4n) is 3.15. The van der Waals surface area contributed by atoms with Gasteiger partial charge in [0.25, 0.3) is 0 Å². The molecule has 5 nitrogen and oxygen atoms in total. The third kappa shape index (κ3) is 3.29. The van der Waals surface area contributed by atoms with Gasteiger partial charge in [0.1, 0.15) is 0 Å². The maximum Gasteiger partial charge on any atom is 0.240 e. The zero-order valence-corrected chi connectivity index (χ0v) is 13.8. The highest BCUT2D eigenvalue weighted by atomic mass is 16.2. The molecule has 0 saturated carbocycles. The zero-order chi connectivity index (χ0) is 16.3. The molecule has 1 aliphatic heterocycles. The lowest BCUT2D eigenvalue weighted by molar-refractivity contribution is -0.137. The summed E-state index contributed by atoms with van der Waals surface area (Å²) < 4.78 is 1.92. The number of nitrogens with zero attached hydrogens (tertiary/aromatic N) is 3. The standard InChI is InChI=1S/C18H24N4O/c1-3-18(2)17(23)19-9-11-21(18)13-15-6-4-7-16(12-15)14-22-10-5-8-20-22/h4-8,10,12H,3,9,11,13-14H2,1-2H3,(H,19,23). The van der Waals surface area contributed by atoms with E-state index in [-0.39, 0.29) is 5.91 Å². The van der Waals surface area contributed by atoms with Gasteiger partial charge in [0.15, 0.2) is 0 Å². The monoisotopic (exact) mass is 312 g/mol. The lowest BCUT2D eigenvalue weighted by atomic mass is 9.92. The van der Waals surface area contributed by atoms with Gasteiger partial charge in [-0.3, -0.25) is 14.4 Å². The molecular weight excluding hydrogens is 288 g/mol. The summed E-state index contributed by atoms with van der Waals surface area (Å²) in [6.45, 7) is 7.29. The van der Waals surface area contributed by atoms with Crippen molar-refractivity contribution in [3.8, 4) is 0 Å². The maximum atomic E-state index is 12.3. The lowest BCUT2D eigenvalue weighted by Crippen LogP contribution is -2.62. The van der Waals surface area contributed by atoms with E-state index < -0.39 is 5.54 Å². The quantitative estimate of drug-likeness (QED) is 0.919. The van der Waals surface area contributed by atoms with Gasteiger partial charge < -0.3 is 5.32 Å². The SMILES string of the molecule is CCC1(C)C(=O)NCCN1Cc1cccc(Cn2cccn2)c1. The predicted molar refractivity (Wildman–Crippen MR) is 89.9 cm³/mol. The molecule has 1 atom stereocenters. The maximum absolute atomic E-state index is 12.3. The first-order chi connectivity index (χ1) is 11.1.